The lowest BCUT2D eigenvalue weighted by molar-refractivity contribution is -0.179. The number of hydrogen-bond acceptors (Lipinski definition) is 6. The van der Waals surface area contributed by atoms with E-state index < -0.39 is 5.79 Å². The van der Waals surface area contributed by atoms with Gasteiger partial charge in [0, 0.05) is 24.8 Å². The van der Waals surface area contributed by atoms with Gasteiger partial charge in [0.05, 0.1) is 26.0 Å². The van der Waals surface area contributed by atoms with Crippen LogP contribution >= 0.6 is 11.3 Å². The molecule has 1 amide bonds. The van der Waals surface area contributed by atoms with Crippen molar-refractivity contribution < 1.29 is 23.8 Å². The zero-order valence-electron chi connectivity index (χ0n) is 18.3. The van der Waals surface area contributed by atoms with Crippen LogP contribution in [-0.2, 0) is 19.0 Å². The van der Waals surface area contributed by atoms with E-state index in [1.165, 1.54) is 18.4 Å². The van der Waals surface area contributed by atoms with E-state index in [-0.39, 0.29) is 23.8 Å². The van der Waals surface area contributed by atoms with Crippen LogP contribution in [0.15, 0.2) is 6.07 Å². The Balaban J connectivity index is 1.62. The lowest BCUT2D eigenvalue weighted by atomic mass is 9.81. The molecule has 6 nitrogen and oxygen atoms in total. The molecule has 0 atom stereocenters. The van der Waals surface area contributed by atoms with Crippen molar-refractivity contribution in [2.24, 2.45) is 11.8 Å². The molecule has 1 aliphatic heterocycles. The first-order valence-electron chi connectivity index (χ1n) is 11.2. The number of methoxy groups -OCH3 is 1. The minimum atomic E-state index is -0.471. The van der Waals surface area contributed by atoms with Crippen LogP contribution in [0.25, 0.3) is 0 Å². The number of thiophene rings is 1. The third-order valence-corrected chi connectivity index (χ3v) is 7.98. The summed E-state index contributed by atoms with van der Waals surface area (Å²) in [6, 6.07) is 2.03. The molecule has 3 aliphatic rings. The molecule has 4 rings (SSSR count). The van der Waals surface area contributed by atoms with Crippen LogP contribution in [0.2, 0.25) is 0 Å². The van der Waals surface area contributed by atoms with Crippen molar-refractivity contribution in [3.05, 3.63) is 10.9 Å². The minimum Gasteiger partial charge on any atom is -0.465 e. The highest BCUT2D eigenvalue weighted by molar-refractivity contribution is 7.22. The Morgan fingerprint density at radius 2 is 1.77 bits per heavy atom. The van der Waals surface area contributed by atoms with Crippen LogP contribution in [0.4, 0.5) is 5.69 Å². The number of nitrogens with zero attached hydrogens (tertiary/aromatic N) is 1. The molecule has 1 saturated heterocycles. The Kier molecular flexibility index (Phi) is 6.56. The number of anilines is 1. The molecule has 0 aromatic carbocycles. The fraction of sp³-hybridized carbons (Fsp3) is 0.727. The van der Waals surface area contributed by atoms with Gasteiger partial charge in [0.2, 0.25) is 5.91 Å². The fourth-order valence-corrected chi connectivity index (χ4v) is 6.13. The average Bonchev–Trinajstić information content (AvgIpc) is 3.36. The van der Waals surface area contributed by atoms with E-state index in [4.69, 9.17) is 14.2 Å². The summed E-state index contributed by atoms with van der Waals surface area (Å²) in [5.41, 5.74) is 0.724. The molecular formula is C22H32BNO5S. The molecule has 2 aliphatic carbocycles. The summed E-state index contributed by atoms with van der Waals surface area (Å²) in [6.07, 6.45) is 7.21. The van der Waals surface area contributed by atoms with Crippen molar-refractivity contribution in [2.75, 3.05) is 25.2 Å². The highest BCUT2D eigenvalue weighted by atomic mass is 32.1. The van der Waals surface area contributed by atoms with Crippen LogP contribution < -0.4 is 9.68 Å². The van der Waals surface area contributed by atoms with Gasteiger partial charge in [-0.3, -0.25) is 4.79 Å². The van der Waals surface area contributed by atoms with Gasteiger partial charge in [-0.1, -0.05) is 6.92 Å². The normalized spacial score (nSPS) is 26.6. The lowest BCUT2D eigenvalue weighted by Crippen LogP contribution is -2.49. The molecule has 30 heavy (non-hydrogen) atoms. The summed E-state index contributed by atoms with van der Waals surface area (Å²) in [4.78, 5) is 28.8. The largest absolute Gasteiger partial charge is 0.465 e. The number of rotatable bonds is 4. The first-order chi connectivity index (χ1) is 14.4. The molecule has 1 spiro atoms. The lowest BCUT2D eigenvalue weighted by Gasteiger charge is -2.42. The van der Waals surface area contributed by atoms with Crippen molar-refractivity contribution in [1.29, 1.82) is 0 Å². The molecule has 2 saturated carbocycles. The summed E-state index contributed by atoms with van der Waals surface area (Å²) >= 11 is 1.40. The molecule has 8 heteroatoms. The van der Waals surface area contributed by atoms with Gasteiger partial charge in [0.25, 0.3) is 0 Å². The maximum absolute atomic E-state index is 13.8. The number of carbonyl (C=O) groups excluding carboxylic acids is 2. The molecule has 1 aromatic rings. The number of esters is 1. The number of amides is 1. The minimum absolute atomic E-state index is 0.0294. The summed E-state index contributed by atoms with van der Waals surface area (Å²) in [5, 5.41) is 0. The van der Waals surface area contributed by atoms with Gasteiger partial charge in [-0.05, 0) is 55.3 Å². The highest BCUT2D eigenvalue weighted by Gasteiger charge is 2.44. The number of hydrogen-bond donors (Lipinski definition) is 0. The number of ether oxygens (including phenoxy) is 3. The monoisotopic (exact) mass is 433 g/mol. The van der Waals surface area contributed by atoms with Gasteiger partial charge in [0.15, 0.2) is 13.6 Å². The van der Waals surface area contributed by atoms with Crippen molar-refractivity contribution in [3.63, 3.8) is 0 Å². The summed E-state index contributed by atoms with van der Waals surface area (Å²) in [6.45, 7) is 3.55. The average molecular weight is 433 g/mol. The van der Waals surface area contributed by atoms with E-state index in [9.17, 15) is 9.59 Å². The predicted octanol–water partition coefficient (Wildman–Crippen LogP) is 2.64. The van der Waals surface area contributed by atoms with Gasteiger partial charge in [0.1, 0.15) is 4.88 Å². The predicted molar refractivity (Wildman–Crippen MR) is 119 cm³/mol. The van der Waals surface area contributed by atoms with Crippen molar-refractivity contribution in [2.45, 2.75) is 70.1 Å². The smallest absolute Gasteiger partial charge is 0.350 e. The maximum Gasteiger partial charge on any atom is 0.350 e. The van der Waals surface area contributed by atoms with Crippen LogP contribution in [0.5, 0.6) is 0 Å². The maximum atomic E-state index is 13.8. The van der Waals surface area contributed by atoms with Gasteiger partial charge in [-0.2, -0.15) is 0 Å². The summed E-state index contributed by atoms with van der Waals surface area (Å²) < 4.78 is 17.8. The molecule has 0 bridgehead atoms. The van der Waals surface area contributed by atoms with Gasteiger partial charge in [-0.15, -0.1) is 11.3 Å². The van der Waals surface area contributed by atoms with E-state index in [1.54, 1.807) is 0 Å². The van der Waals surface area contributed by atoms with Gasteiger partial charge < -0.3 is 19.1 Å². The van der Waals surface area contributed by atoms with E-state index in [0.29, 0.717) is 24.0 Å². The van der Waals surface area contributed by atoms with Crippen LogP contribution in [0.1, 0.15) is 68.0 Å². The second-order valence-electron chi connectivity index (χ2n) is 9.07. The second-order valence-corrected chi connectivity index (χ2v) is 10.3. The Morgan fingerprint density at radius 3 is 2.37 bits per heavy atom. The highest BCUT2D eigenvalue weighted by Crippen LogP contribution is 2.41. The molecule has 2 heterocycles. The van der Waals surface area contributed by atoms with Crippen LogP contribution in [0.3, 0.4) is 0 Å². The topological polar surface area (TPSA) is 65.1 Å². The van der Waals surface area contributed by atoms with Crippen LogP contribution in [0, 0.1) is 11.8 Å². The summed E-state index contributed by atoms with van der Waals surface area (Å²) in [5.74, 6) is 0.0396. The fourth-order valence-electron chi connectivity index (χ4n) is 5.20. The molecule has 0 unspecified atom stereocenters. The van der Waals surface area contributed by atoms with E-state index in [0.717, 1.165) is 61.8 Å². The van der Waals surface area contributed by atoms with E-state index in [2.05, 4.69) is 6.92 Å². The Bertz CT molecular complexity index is 772. The standard InChI is InChI=1S/C22H32BNO5S/c1-14-3-5-15(6-4-14)20(25)24(17-13-18(23)30-19(17)21(26)27-2)16-7-9-22(10-8-16)28-11-12-29-22/h13-16H,3-12,23H2,1-2H3. The van der Waals surface area contributed by atoms with E-state index >= 15 is 0 Å². The molecule has 1 aromatic heterocycles. The third kappa shape index (κ3) is 4.32. The quantitative estimate of drug-likeness (QED) is 0.540. The van der Waals surface area contributed by atoms with Gasteiger partial charge >= 0.3 is 5.97 Å². The van der Waals surface area contributed by atoms with Crippen molar-refractivity contribution in [1.82, 2.24) is 0 Å². The molecule has 0 N–H and O–H groups in total. The Labute approximate surface area is 183 Å². The summed E-state index contributed by atoms with van der Waals surface area (Å²) in [7, 11) is 3.37. The Morgan fingerprint density at radius 1 is 1.13 bits per heavy atom. The van der Waals surface area contributed by atoms with E-state index in [1.807, 2.05) is 18.8 Å². The Hall–Kier alpha value is -1.38. The second kappa shape index (κ2) is 9.01. The molecule has 0 radical (unpaired) electrons. The third-order valence-electron chi connectivity index (χ3n) is 6.96. The first kappa shape index (κ1) is 21.8. The van der Waals surface area contributed by atoms with Crippen LogP contribution in [-0.4, -0.2) is 51.9 Å². The zero-order valence-corrected chi connectivity index (χ0v) is 19.1. The molecule has 3 fully saturated rings. The molecular weight excluding hydrogens is 401 g/mol. The SMILES string of the molecule is Bc1cc(N(C(=O)C2CCC(C)CC2)C2CCC3(CC2)OCCO3)c(C(=O)OC)s1. The van der Waals surface area contributed by atoms with Crippen molar-refractivity contribution in [3.8, 4) is 0 Å². The number of carbonyl (C=O) groups is 2. The first-order valence-corrected chi connectivity index (χ1v) is 12.0. The van der Waals surface area contributed by atoms with Crippen molar-refractivity contribution >= 4 is 41.5 Å². The zero-order chi connectivity index (χ0) is 21.3. The molecule has 164 valence electrons. The van der Waals surface area contributed by atoms with Gasteiger partial charge in [-0.25, -0.2) is 4.79 Å².